The number of ether oxygens (including phenoxy) is 3. The first kappa shape index (κ1) is 20.3. The molecule has 0 fully saturated rings. The topological polar surface area (TPSA) is 104 Å². The summed E-state index contributed by atoms with van der Waals surface area (Å²) in [4.78, 5) is 25.5. The maximum absolute atomic E-state index is 13.1. The molecule has 1 aliphatic rings. The average Bonchev–Trinajstić information content (AvgIpc) is 3.22. The molecule has 9 nitrogen and oxygen atoms in total. The zero-order valence-corrected chi connectivity index (χ0v) is 17.3. The zero-order chi connectivity index (χ0) is 22.0. The Labute approximate surface area is 178 Å². The molecule has 2 heterocycles. The molecule has 2 aromatic carbocycles. The lowest BCUT2D eigenvalue weighted by Crippen LogP contribution is -2.35. The van der Waals surface area contributed by atoms with Gasteiger partial charge in [0.1, 0.15) is 29.1 Å². The van der Waals surface area contributed by atoms with Crippen LogP contribution in [0.3, 0.4) is 0 Å². The Bertz CT molecular complexity index is 1140. The number of fused-ring (bicyclic) bond motifs is 1. The molecule has 0 bridgehead atoms. The van der Waals surface area contributed by atoms with Crippen molar-refractivity contribution >= 4 is 23.3 Å². The van der Waals surface area contributed by atoms with E-state index in [-0.39, 0.29) is 18.2 Å². The number of nitrogens with zero attached hydrogens (tertiary/aromatic N) is 2. The van der Waals surface area contributed by atoms with E-state index in [0.29, 0.717) is 34.3 Å². The van der Waals surface area contributed by atoms with Crippen LogP contribution in [-0.2, 0) is 9.59 Å². The first-order chi connectivity index (χ1) is 15.0. The van der Waals surface area contributed by atoms with Crippen molar-refractivity contribution in [2.24, 2.45) is 0 Å². The van der Waals surface area contributed by atoms with E-state index in [1.165, 1.54) is 11.8 Å². The third-order valence-electron chi connectivity index (χ3n) is 5.09. The van der Waals surface area contributed by atoms with Gasteiger partial charge < -0.3 is 24.8 Å². The summed E-state index contributed by atoms with van der Waals surface area (Å²) in [5, 5.41) is 10.1. The maximum atomic E-state index is 13.1. The van der Waals surface area contributed by atoms with Gasteiger partial charge in [0, 0.05) is 17.2 Å². The lowest BCUT2D eigenvalue weighted by molar-refractivity contribution is -0.125. The number of hydrogen-bond donors (Lipinski definition) is 2. The summed E-state index contributed by atoms with van der Waals surface area (Å²) in [6.45, 7) is 0. The molecule has 0 unspecified atom stereocenters. The number of aromatic nitrogens is 2. The van der Waals surface area contributed by atoms with Crippen LogP contribution >= 0.6 is 0 Å². The number of carbonyl (C=O) groups is 2. The van der Waals surface area contributed by atoms with E-state index >= 15 is 0 Å². The number of nitrogens with one attached hydrogen (secondary N) is 2. The summed E-state index contributed by atoms with van der Waals surface area (Å²) in [6.07, 6.45) is 1.58. The second kappa shape index (κ2) is 8.39. The minimum absolute atomic E-state index is 0.0374. The van der Waals surface area contributed by atoms with Gasteiger partial charge in [0.2, 0.25) is 11.8 Å². The highest BCUT2D eigenvalue weighted by Gasteiger charge is 2.34. The smallest absolute Gasteiger partial charge is 0.249 e. The van der Waals surface area contributed by atoms with Crippen molar-refractivity contribution in [2.45, 2.75) is 12.5 Å². The highest BCUT2D eigenvalue weighted by atomic mass is 16.5. The molecule has 0 saturated heterocycles. The Morgan fingerprint density at radius 3 is 2.58 bits per heavy atom. The third kappa shape index (κ3) is 3.77. The molecular formula is C22H22N4O5. The fourth-order valence-corrected chi connectivity index (χ4v) is 3.55. The summed E-state index contributed by atoms with van der Waals surface area (Å²) in [6, 6.07) is 11.7. The van der Waals surface area contributed by atoms with Crippen LogP contribution in [0, 0.1) is 0 Å². The normalized spacial score (nSPS) is 14.9. The molecule has 2 N–H and O–H groups in total. The van der Waals surface area contributed by atoms with Crippen LogP contribution in [0.5, 0.6) is 17.2 Å². The number of benzene rings is 2. The Morgan fingerprint density at radius 2 is 1.84 bits per heavy atom. The predicted molar refractivity (Wildman–Crippen MR) is 115 cm³/mol. The van der Waals surface area contributed by atoms with Crippen LogP contribution in [0.2, 0.25) is 0 Å². The van der Waals surface area contributed by atoms with Gasteiger partial charge in [-0.3, -0.25) is 9.59 Å². The van der Waals surface area contributed by atoms with Gasteiger partial charge in [-0.15, -0.1) is 0 Å². The van der Waals surface area contributed by atoms with Crippen LogP contribution in [0.4, 0.5) is 11.5 Å². The van der Waals surface area contributed by atoms with Gasteiger partial charge in [0.25, 0.3) is 0 Å². The van der Waals surface area contributed by atoms with Gasteiger partial charge in [-0.25, -0.2) is 4.68 Å². The van der Waals surface area contributed by atoms with Crippen molar-refractivity contribution in [3.05, 3.63) is 48.7 Å². The molecule has 0 radical (unpaired) electrons. The molecule has 31 heavy (non-hydrogen) atoms. The van der Waals surface area contributed by atoms with Crippen molar-refractivity contribution in [2.75, 3.05) is 32.0 Å². The van der Waals surface area contributed by atoms with E-state index in [1.807, 2.05) is 24.3 Å². The number of rotatable bonds is 6. The third-order valence-corrected chi connectivity index (χ3v) is 5.09. The molecule has 9 heteroatoms. The highest BCUT2D eigenvalue weighted by molar-refractivity contribution is 6.03. The Balaban J connectivity index is 1.67. The lowest BCUT2D eigenvalue weighted by Gasteiger charge is -2.25. The Kier molecular flexibility index (Phi) is 5.48. The summed E-state index contributed by atoms with van der Waals surface area (Å²) in [5.74, 6) is 1.48. The fourth-order valence-electron chi connectivity index (χ4n) is 3.55. The Morgan fingerprint density at radius 1 is 1.06 bits per heavy atom. The molecule has 0 saturated carbocycles. The van der Waals surface area contributed by atoms with Crippen molar-refractivity contribution < 1.29 is 23.8 Å². The second-order valence-corrected chi connectivity index (χ2v) is 6.88. The minimum Gasteiger partial charge on any atom is -0.497 e. The van der Waals surface area contributed by atoms with E-state index in [4.69, 9.17) is 14.2 Å². The standard InChI is InChI=1S/C22H22N4O5/c1-29-13-8-9-16(19(10-13)31-3)24-22(28)17-11-20(27)25-21-15(12-23-26(17)21)14-6-4-5-7-18(14)30-2/h4-10,12,17H,11H2,1-3H3,(H,24,28)(H,25,27)/t17-/m0/s1. The molecule has 3 aromatic rings. The molecule has 0 aliphatic carbocycles. The molecular weight excluding hydrogens is 400 g/mol. The van der Waals surface area contributed by atoms with Crippen LogP contribution in [0.1, 0.15) is 12.5 Å². The fraction of sp³-hybridized carbons (Fsp3) is 0.227. The average molecular weight is 422 g/mol. The number of methoxy groups -OCH3 is 3. The zero-order valence-electron chi connectivity index (χ0n) is 17.3. The number of amides is 2. The van der Waals surface area contributed by atoms with Gasteiger partial charge in [-0.1, -0.05) is 18.2 Å². The van der Waals surface area contributed by atoms with Gasteiger partial charge in [-0.05, 0) is 18.2 Å². The first-order valence-corrected chi connectivity index (χ1v) is 9.59. The predicted octanol–water partition coefficient (Wildman–Crippen LogP) is 3.10. The lowest BCUT2D eigenvalue weighted by atomic mass is 10.1. The van der Waals surface area contributed by atoms with Crippen molar-refractivity contribution in [1.29, 1.82) is 0 Å². The quantitative estimate of drug-likeness (QED) is 0.633. The molecule has 1 atom stereocenters. The van der Waals surface area contributed by atoms with Crippen LogP contribution in [0.25, 0.3) is 11.1 Å². The summed E-state index contributed by atoms with van der Waals surface area (Å²) < 4.78 is 17.5. The molecule has 1 aliphatic heterocycles. The van der Waals surface area contributed by atoms with Gasteiger partial charge in [-0.2, -0.15) is 5.10 Å². The molecule has 4 rings (SSSR count). The van der Waals surface area contributed by atoms with Crippen molar-refractivity contribution in [1.82, 2.24) is 9.78 Å². The molecule has 2 amide bonds. The number of anilines is 2. The highest BCUT2D eigenvalue weighted by Crippen LogP contribution is 2.39. The first-order valence-electron chi connectivity index (χ1n) is 9.59. The van der Waals surface area contributed by atoms with Gasteiger partial charge in [0.05, 0.1) is 39.6 Å². The summed E-state index contributed by atoms with van der Waals surface area (Å²) in [5.41, 5.74) is 1.91. The number of carbonyl (C=O) groups excluding carboxylic acids is 2. The Hall–Kier alpha value is -4.01. The number of para-hydroxylation sites is 1. The van der Waals surface area contributed by atoms with Crippen LogP contribution in [-0.4, -0.2) is 42.9 Å². The molecule has 160 valence electrons. The number of hydrogen-bond acceptors (Lipinski definition) is 6. The maximum Gasteiger partial charge on any atom is 0.249 e. The largest absolute Gasteiger partial charge is 0.497 e. The van der Waals surface area contributed by atoms with E-state index in [9.17, 15) is 9.59 Å². The second-order valence-electron chi connectivity index (χ2n) is 6.88. The SMILES string of the molecule is COc1ccc(NC(=O)[C@@H]2CC(=O)Nc3c(-c4ccccc4OC)cnn32)c(OC)c1. The molecule has 1 aromatic heterocycles. The monoisotopic (exact) mass is 422 g/mol. The summed E-state index contributed by atoms with van der Waals surface area (Å²) in [7, 11) is 4.63. The van der Waals surface area contributed by atoms with Crippen molar-refractivity contribution in [3.8, 4) is 28.4 Å². The van der Waals surface area contributed by atoms with Crippen LogP contribution in [0.15, 0.2) is 48.7 Å². The van der Waals surface area contributed by atoms with E-state index < -0.39 is 6.04 Å². The van der Waals surface area contributed by atoms with Crippen LogP contribution < -0.4 is 24.8 Å². The van der Waals surface area contributed by atoms with Crippen molar-refractivity contribution in [3.63, 3.8) is 0 Å². The molecule has 0 spiro atoms. The van der Waals surface area contributed by atoms with E-state index in [2.05, 4.69) is 15.7 Å². The van der Waals surface area contributed by atoms with Gasteiger partial charge in [0.15, 0.2) is 0 Å². The van der Waals surface area contributed by atoms with E-state index in [1.54, 1.807) is 38.6 Å². The van der Waals surface area contributed by atoms with Gasteiger partial charge >= 0.3 is 0 Å². The van der Waals surface area contributed by atoms with E-state index in [0.717, 1.165) is 5.56 Å². The summed E-state index contributed by atoms with van der Waals surface area (Å²) >= 11 is 0. The minimum atomic E-state index is -0.820.